The molecule has 1 aliphatic rings. The number of pyridine rings is 1. The standard InChI is InChI=1S/C28H32N2O5/c1-4-35-28(33)22-12-8-14-29(16-22)27(32)26-24(18-34-3)30(19(2)15-25(26)31)17-21-11-7-10-20-9-5-6-13-23(20)21/h5-7,9-11,13,15,22H,4,8,12,14,16-18H2,1-3H3. The maximum absolute atomic E-state index is 13.7. The van der Waals surface area contributed by atoms with E-state index in [-0.39, 0.29) is 41.9 Å². The zero-order valence-electron chi connectivity index (χ0n) is 20.6. The topological polar surface area (TPSA) is 77.8 Å². The molecule has 7 heteroatoms. The molecular weight excluding hydrogens is 444 g/mol. The summed E-state index contributed by atoms with van der Waals surface area (Å²) in [6, 6.07) is 15.8. The first-order chi connectivity index (χ1) is 16.9. The second kappa shape index (κ2) is 10.9. The van der Waals surface area contributed by atoms with Gasteiger partial charge in [-0.3, -0.25) is 14.4 Å². The van der Waals surface area contributed by atoms with Crippen LogP contribution in [0.25, 0.3) is 10.8 Å². The van der Waals surface area contributed by atoms with Gasteiger partial charge in [0, 0.05) is 38.5 Å². The fourth-order valence-corrected chi connectivity index (χ4v) is 4.94. The van der Waals surface area contributed by atoms with Crippen molar-refractivity contribution in [3.8, 4) is 0 Å². The van der Waals surface area contributed by atoms with Gasteiger partial charge in [0.05, 0.1) is 24.8 Å². The molecule has 0 radical (unpaired) electrons. The van der Waals surface area contributed by atoms with E-state index >= 15 is 0 Å². The van der Waals surface area contributed by atoms with E-state index in [9.17, 15) is 14.4 Å². The molecule has 7 nitrogen and oxygen atoms in total. The first-order valence-corrected chi connectivity index (χ1v) is 12.1. The number of carbonyl (C=O) groups is 2. The summed E-state index contributed by atoms with van der Waals surface area (Å²) in [4.78, 5) is 40.7. The number of rotatable bonds is 7. The third kappa shape index (κ3) is 5.15. The summed E-state index contributed by atoms with van der Waals surface area (Å²) in [5.74, 6) is -1.02. The molecule has 4 rings (SSSR count). The lowest BCUT2D eigenvalue weighted by Crippen LogP contribution is -2.45. The molecule has 3 aromatic rings. The molecule has 1 amide bonds. The number of hydrogen-bond donors (Lipinski definition) is 0. The minimum absolute atomic E-state index is 0.113. The first kappa shape index (κ1) is 24.7. The second-order valence-electron chi connectivity index (χ2n) is 8.97. The molecule has 0 aliphatic carbocycles. The normalized spacial score (nSPS) is 15.9. The molecule has 2 aromatic carbocycles. The number of piperidine rings is 1. The van der Waals surface area contributed by atoms with Gasteiger partial charge in [-0.25, -0.2) is 0 Å². The predicted molar refractivity (Wildman–Crippen MR) is 134 cm³/mol. The lowest BCUT2D eigenvalue weighted by atomic mass is 9.97. The highest BCUT2D eigenvalue weighted by Gasteiger charge is 2.32. The summed E-state index contributed by atoms with van der Waals surface area (Å²) in [5, 5.41) is 2.25. The summed E-state index contributed by atoms with van der Waals surface area (Å²) in [7, 11) is 1.56. The van der Waals surface area contributed by atoms with Crippen molar-refractivity contribution in [2.24, 2.45) is 5.92 Å². The van der Waals surface area contributed by atoms with Crippen LogP contribution in [0, 0.1) is 12.8 Å². The molecule has 1 aliphatic heterocycles. The molecule has 1 aromatic heterocycles. The van der Waals surface area contributed by atoms with E-state index in [1.54, 1.807) is 18.9 Å². The fourth-order valence-electron chi connectivity index (χ4n) is 4.94. The number of methoxy groups -OCH3 is 1. The maximum Gasteiger partial charge on any atom is 0.310 e. The number of nitrogens with zero attached hydrogens (tertiary/aromatic N) is 2. The SMILES string of the molecule is CCOC(=O)C1CCCN(C(=O)c2c(COC)n(Cc3cccc4ccccc34)c(C)cc2=O)C1. The molecule has 0 bridgehead atoms. The molecule has 0 saturated carbocycles. The molecule has 2 heterocycles. The quantitative estimate of drug-likeness (QED) is 0.483. The van der Waals surface area contributed by atoms with Crippen molar-refractivity contribution in [2.45, 2.75) is 39.8 Å². The van der Waals surface area contributed by atoms with Crippen LogP contribution in [0.5, 0.6) is 0 Å². The smallest absolute Gasteiger partial charge is 0.310 e. The number of aromatic nitrogens is 1. The highest BCUT2D eigenvalue weighted by Crippen LogP contribution is 2.24. The zero-order chi connectivity index (χ0) is 24.9. The van der Waals surface area contributed by atoms with Gasteiger partial charge in [0.2, 0.25) is 0 Å². The number of aryl methyl sites for hydroxylation is 1. The van der Waals surface area contributed by atoms with E-state index in [0.29, 0.717) is 38.2 Å². The van der Waals surface area contributed by atoms with Gasteiger partial charge in [-0.1, -0.05) is 42.5 Å². The zero-order valence-corrected chi connectivity index (χ0v) is 20.6. The lowest BCUT2D eigenvalue weighted by Gasteiger charge is -2.32. The Bertz CT molecular complexity index is 1290. The third-order valence-electron chi connectivity index (χ3n) is 6.66. The number of benzene rings is 2. The van der Waals surface area contributed by atoms with Crippen LogP contribution in [-0.2, 0) is 27.4 Å². The van der Waals surface area contributed by atoms with E-state index in [1.165, 1.54) is 6.07 Å². The molecular formula is C28H32N2O5. The summed E-state index contributed by atoms with van der Waals surface area (Å²) >= 11 is 0. The van der Waals surface area contributed by atoms with Crippen molar-refractivity contribution in [1.29, 1.82) is 0 Å². The van der Waals surface area contributed by atoms with E-state index in [1.807, 2.05) is 29.7 Å². The van der Waals surface area contributed by atoms with Gasteiger partial charge in [0.25, 0.3) is 5.91 Å². The van der Waals surface area contributed by atoms with Crippen molar-refractivity contribution in [2.75, 3.05) is 26.8 Å². The Morgan fingerprint density at radius 3 is 2.66 bits per heavy atom. The highest BCUT2D eigenvalue weighted by atomic mass is 16.5. The van der Waals surface area contributed by atoms with Crippen molar-refractivity contribution < 1.29 is 19.1 Å². The number of carbonyl (C=O) groups excluding carboxylic acids is 2. The average Bonchev–Trinajstić information content (AvgIpc) is 2.86. The van der Waals surface area contributed by atoms with Gasteiger partial charge in [-0.05, 0) is 43.0 Å². The lowest BCUT2D eigenvalue weighted by molar-refractivity contribution is -0.149. The average molecular weight is 477 g/mol. The van der Waals surface area contributed by atoms with Gasteiger partial charge in [-0.15, -0.1) is 0 Å². The van der Waals surface area contributed by atoms with Crippen LogP contribution < -0.4 is 5.43 Å². The molecule has 1 unspecified atom stereocenters. The Morgan fingerprint density at radius 2 is 1.89 bits per heavy atom. The van der Waals surface area contributed by atoms with E-state index < -0.39 is 0 Å². The molecule has 0 N–H and O–H groups in total. The largest absolute Gasteiger partial charge is 0.466 e. The Balaban J connectivity index is 1.74. The number of fused-ring (bicyclic) bond motifs is 1. The Hall–Kier alpha value is -3.45. The van der Waals surface area contributed by atoms with E-state index in [4.69, 9.17) is 9.47 Å². The minimum Gasteiger partial charge on any atom is -0.466 e. The van der Waals surface area contributed by atoms with Crippen LogP contribution >= 0.6 is 0 Å². The Labute approximate surface area is 205 Å². The molecule has 184 valence electrons. The van der Waals surface area contributed by atoms with Crippen LogP contribution in [-0.4, -0.2) is 48.1 Å². The molecule has 1 saturated heterocycles. The van der Waals surface area contributed by atoms with Crippen LogP contribution in [0.2, 0.25) is 0 Å². The van der Waals surface area contributed by atoms with Crippen LogP contribution in [0.3, 0.4) is 0 Å². The van der Waals surface area contributed by atoms with Crippen LogP contribution in [0.4, 0.5) is 0 Å². The highest BCUT2D eigenvalue weighted by molar-refractivity contribution is 5.95. The number of esters is 1. The second-order valence-corrected chi connectivity index (χ2v) is 8.97. The van der Waals surface area contributed by atoms with Gasteiger partial charge >= 0.3 is 5.97 Å². The third-order valence-corrected chi connectivity index (χ3v) is 6.66. The van der Waals surface area contributed by atoms with E-state index in [0.717, 1.165) is 22.0 Å². The minimum atomic E-state index is -0.373. The van der Waals surface area contributed by atoms with Gasteiger partial charge in [-0.2, -0.15) is 0 Å². The Morgan fingerprint density at radius 1 is 1.11 bits per heavy atom. The molecule has 35 heavy (non-hydrogen) atoms. The summed E-state index contributed by atoms with van der Waals surface area (Å²) < 4.78 is 12.6. The maximum atomic E-state index is 13.7. The van der Waals surface area contributed by atoms with Crippen molar-refractivity contribution >= 4 is 22.6 Å². The summed E-state index contributed by atoms with van der Waals surface area (Å²) in [6.07, 6.45) is 1.36. The van der Waals surface area contributed by atoms with Gasteiger partial charge < -0.3 is 18.9 Å². The number of ether oxygens (including phenoxy) is 2. The van der Waals surface area contributed by atoms with Crippen LogP contribution in [0.15, 0.2) is 53.3 Å². The summed E-state index contributed by atoms with van der Waals surface area (Å²) in [5.41, 5.74) is 2.18. The monoisotopic (exact) mass is 476 g/mol. The number of hydrogen-bond acceptors (Lipinski definition) is 5. The Kier molecular flexibility index (Phi) is 7.66. The van der Waals surface area contributed by atoms with Crippen LogP contribution in [0.1, 0.15) is 47.1 Å². The van der Waals surface area contributed by atoms with Gasteiger partial charge in [0.1, 0.15) is 5.56 Å². The molecule has 1 fully saturated rings. The number of likely N-dealkylation sites (tertiary alicyclic amines) is 1. The van der Waals surface area contributed by atoms with Crippen molar-refractivity contribution in [3.63, 3.8) is 0 Å². The summed E-state index contributed by atoms with van der Waals surface area (Å²) in [6.45, 7) is 5.31. The predicted octanol–water partition coefficient (Wildman–Crippen LogP) is 3.92. The number of amides is 1. The first-order valence-electron chi connectivity index (χ1n) is 12.1. The molecule has 1 atom stereocenters. The van der Waals surface area contributed by atoms with Crippen molar-refractivity contribution in [1.82, 2.24) is 9.47 Å². The van der Waals surface area contributed by atoms with Gasteiger partial charge in [0.15, 0.2) is 5.43 Å². The van der Waals surface area contributed by atoms with E-state index in [2.05, 4.69) is 24.3 Å². The van der Waals surface area contributed by atoms with Crippen molar-refractivity contribution in [3.05, 3.63) is 81.3 Å². The fraction of sp³-hybridized carbons (Fsp3) is 0.393. The molecule has 0 spiro atoms.